The Bertz CT molecular complexity index is 544. The Hall–Kier alpha value is -1.75. The van der Waals surface area contributed by atoms with E-state index in [1.807, 2.05) is 31.6 Å². The fourth-order valence-corrected chi connectivity index (χ4v) is 2.07. The van der Waals surface area contributed by atoms with Crippen molar-refractivity contribution in [3.05, 3.63) is 35.0 Å². The van der Waals surface area contributed by atoms with E-state index in [0.29, 0.717) is 0 Å². The summed E-state index contributed by atoms with van der Waals surface area (Å²) < 4.78 is 1.90. The maximum Gasteiger partial charge on any atom is 0.157 e. The minimum absolute atomic E-state index is 0.832. The molecule has 0 aromatic carbocycles. The van der Waals surface area contributed by atoms with Gasteiger partial charge in [-0.2, -0.15) is 5.10 Å². The minimum atomic E-state index is 0.832. The summed E-state index contributed by atoms with van der Waals surface area (Å²) in [6, 6.07) is 1.95. The van der Waals surface area contributed by atoms with Crippen LogP contribution in [0.5, 0.6) is 0 Å². The predicted molar refractivity (Wildman–Crippen MR) is 71.0 cm³/mol. The quantitative estimate of drug-likeness (QED) is 0.883. The average Bonchev–Trinajstić information content (AvgIpc) is 2.63. The van der Waals surface area contributed by atoms with E-state index in [9.17, 15) is 0 Å². The number of hydrogen-bond acceptors (Lipinski definition) is 4. The van der Waals surface area contributed by atoms with Crippen molar-refractivity contribution in [2.24, 2.45) is 0 Å². The Morgan fingerprint density at radius 2 is 2.00 bits per heavy atom. The maximum atomic E-state index is 4.57. The van der Waals surface area contributed by atoms with Crippen molar-refractivity contribution in [2.45, 2.75) is 27.2 Å². The molecular weight excluding hydrogens is 226 g/mol. The number of nitrogens with one attached hydrogen (secondary N) is 1. The third-order valence-electron chi connectivity index (χ3n) is 3.07. The van der Waals surface area contributed by atoms with E-state index in [2.05, 4.69) is 27.3 Å². The monoisotopic (exact) mass is 245 g/mol. The molecule has 2 aromatic heterocycles. The fourth-order valence-electron chi connectivity index (χ4n) is 2.07. The Kier molecular flexibility index (Phi) is 3.72. The average molecular weight is 245 g/mol. The van der Waals surface area contributed by atoms with Crippen molar-refractivity contribution in [3.63, 3.8) is 0 Å². The second-order valence-corrected chi connectivity index (χ2v) is 4.43. The van der Waals surface area contributed by atoms with Crippen molar-refractivity contribution in [3.8, 4) is 5.82 Å². The zero-order chi connectivity index (χ0) is 13.1. The molecule has 2 heterocycles. The summed E-state index contributed by atoms with van der Waals surface area (Å²) in [6.07, 6.45) is 2.56. The van der Waals surface area contributed by atoms with E-state index in [1.54, 1.807) is 6.33 Å². The van der Waals surface area contributed by atoms with Gasteiger partial charge in [0.1, 0.15) is 6.33 Å². The van der Waals surface area contributed by atoms with Gasteiger partial charge >= 0.3 is 0 Å². The molecule has 18 heavy (non-hydrogen) atoms. The Balaban J connectivity index is 2.40. The first-order valence-corrected chi connectivity index (χ1v) is 6.12. The van der Waals surface area contributed by atoms with Crippen LogP contribution >= 0.6 is 0 Å². The third kappa shape index (κ3) is 2.41. The lowest BCUT2D eigenvalue weighted by Gasteiger charge is -2.05. The highest BCUT2D eigenvalue weighted by Crippen LogP contribution is 2.17. The van der Waals surface area contributed by atoms with Gasteiger partial charge < -0.3 is 5.32 Å². The predicted octanol–water partition coefficient (Wildman–Crippen LogP) is 1.35. The summed E-state index contributed by atoms with van der Waals surface area (Å²) in [5.41, 5.74) is 4.46. The van der Waals surface area contributed by atoms with Gasteiger partial charge in [-0.1, -0.05) is 0 Å². The molecule has 0 saturated heterocycles. The highest BCUT2D eigenvalue weighted by atomic mass is 15.3. The second-order valence-electron chi connectivity index (χ2n) is 4.43. The Labute approximate surface area is 107 Å². The van der Waals surface area contributed by atoms with Gasteiger partial charge in [0.15, 0.2) is 5.82 Å². The molecule has 0 aliphatic heterocycles. The minimum Gasteiger partial charge on any atom is -0.319 e. The molecule has 0 aliphatic rings. The molecule has 0 bridgehead atoms. The number of rotatable bonds is 4. The largest absolute Gasteiger partial charge is 0.319 e. The van der Waals surface area contributed by atoms with Crippen LogP contribution in [-0.4, -0.2) is 33.3 Å². The highest BCUT2D eigenvalue weighted by molar-refractivity contribution is 5.32. The molecular formula is C13H19N5. The lowest BCUT2D eigenvalue weighted by Crippen LogP contribution is -2.11. The number of nitrogens with zero attached hydrogens (tertiary/aromatic N) is 4. The molecule has 1 N–H and O–H groups in total. The van der Waals surface area contributed by atoms with Gasteiger partial charge in [0, 0.05) is 17.5 Å². The molecule has 2 rings (SSSR count). The molecule has 96 valence electrons. The second kappa shape index (κ2) is 5.27. The molecule has 0 atom stereocenters. The molecule has 0 fully saturated rings. The zero-order valence-electron chi connectivity index (χ0n) is 11.4. The Morgan fingerprint density at radius 1 is 1.22 bits per heavy atom. The smallest absolute Gasteiger partial charge is 0.157 e. The molecule has 5 heteroatoms. The fraction of sp³-hybridized carbons (Fsp3) is 0.462. The molecule has 0 aliphatic carbocycles. The van der Waals surface area contributed by atoms with E-state index < -0.39 is 0 Å². The third-order valence-corrected chi connectivity index (χ3v) is 3.07. The van der Waals surface area contributed by atoms with Crippen molar-refractivity contribution < 1.29 is 0 Å². The van der Waals surface area contributed by atoms with E-state index >= 15 is 0 Å². The van der Waals surface area contributed by atoms with Gasteiger partial charge in [0.2, 0.25) is 0 Å². The first-order chi connectivity index (χ1) is 8.63. The Morgan fingerprint density at radius 3 is 2.67 bits per heavy atom. The van der Waals surface area contributed by atoms with E-state index in [0.717, 1.165) is 35.9 Å². The summed E-state index contributed by atoms with van der Waals surface area (Å²) in [5.74, 6) is 0.832. The maximum absolute atomic E-state index is 4.57. The van der Waals surface area contributed by atoms with Gasteiger partial charge in [-0.25, -0.2) is 14.6 Å². The lowest BCUT2D eigenvalue weighted by atomic mass is 10.1. The molecule has 0 saturated carbocycles. The van der Waals surface area contributed by atoms with Crippen molar-refractivity contribution in [1.29, 1.82) is 0 Å². The summed E-state index contributed by atoms with van der Waals surface area (Å²) in [4.78, 5) is 8.39. The van der Waals surface area contributed by atoms with Gasteiger partial charge in [-0.05, 0) is 46.3 Å². The van der Waals surface area contributed by atoms with Crippen LogP contribution in [0.3, 0.4) is 0 Å². The normalized spacial score (nSPS) is 10.9. The van der Waals surface area contributed by atoms with E-state index in [1.165, 1.54) is 5.56 Å². The van der Waals surface area contributed by atoms with Crippen LogP contribution in [-0.2, 0) is 6.42 Å². The van der Waals surface area contributed by atoms with Crippen molar-refractivity contribution in [2.75, 3.05) is 13.6 Å². The van der Waals surface area contributed by atoms with Crippen LogP contribution in [0, 0.1) is 20.8 Å². The van der Waals surface area contributed by atoms with Gasteiger partial charge in [-0.3, -0.25) is 0 Å². The summed E-state index contributed by atoms with van der Waals surface area (Å²) in [6.45, 7) is 7.04. The van der Waals surface area contributed by atoms with Crippen LogP contribution in [0.1, 0.15) is 22.6 Å². The van der Waals surface area contributed by atoms with E-state index in [-0.39, 0.29) is 0 Å². The highest BCUT2D eigenvalue weighted by Gasteiger charge is 2.13. The summed E-state index contributed by atoms with van der Waals surface area (Å²) in [5, 5.41) is 7.74. The van der Waals surface area contributed by atoms with Crippen LogP contribution < -0.4 is 5.32 Å². The van der Waals surface area contributed by atoms with Crippen LogP contribution in [0.2, 0.25) is 0 Å². The van der Waals surface area contributed by atoms with Gasteiger partial charge in [0.05, 0.1) is 5.69 Å². The molecule has 0 radical (unpaired) electrons. The first-order valence-electron chi connectivity index (χ1n) is 6.12. The molecule has 0 spiro atoms. The first kappa shape index (κ1) is 12.7. The molecule has 0 amide bonds. The standard InChI is InChI=1S/C13H19N5/c1-9-7-13(16-8-15-9)18-11(3)12(5-6-14-4)10(2)17-18/h7-8,14H,5-6H2,1-4H3. The summed E-state index contributed by atoms with van der Waals surface area (Å²) in [7, 11) is 1.96. The molecule has 5 nitrogen and oxygen atoms in total. The lowest BCUT2D eigenvalue weighted by molar-refractivity contribution is 0.779. The topological polar surface area (TPSA) is 55.6 Å². The number of aryl methyl sites for hydroxylation is 2. The van der Waals surface area contributed by atoms with E-state index in [4.69, 9.17) is 0 Å². The van der Waals surface area contributed by atoms with Crippen molar-refractivity contribution >= 4 is 0 Å². The van der Waals surface area contributed by atoms with Crippen molar-refractivity contribution in [1.82, 2.24) is 25.1 Å². The van der Waals surface area contributed by atoms with Crippen LogP contribution in [0.15, 0.2) is 12.4 Å². The number of aromatic nitrogens is 4. The van der Waals surface area contributed by atoms with Crippen LogP contribution in [0.25, 0.3) is 5.82 Å². The number of hydrogen-bond donors (Lipinski definition) is 1. The zero-order valence-corrected chi connectivity index (χ0v) is 11.4. The number of likely N-dealkylation sites (N-methyl/N-ethyl adjacent to an activating group) is 1. The van der Waals surface area contributed by atoms with Gasteiger partial charge in [0.25, 0.3) is 0 Å². The molecule has 2 aromatic rings. The summed E-state index contributed by atoms with van der Waals surface area (Å²) >= 11 is 0. The SMILES string of the molecule is CNCCc1c(C)nn(-c2cc(C)ncn2)c1C. The van der Waals surface area contributed by atoms with Gasteiger partial charge in [-0.15, -0.1) is 0 Å². The van der Waals surface area contributed by atoms with Crippen LogP contribution in [0.4, 0.5) is 0 Å². The molecule has 0 unspecified atom stereocenters.